The van der Waals surface area contributed by atoms with Crippen molar-refractivity contribution in [3.8, 4) is 0 Å². The third-order valence-corrected chi connectivity index (χ3v) is 5.21. The maximum absolute atomic E-state index is 12.9. The number of fused-ring (bicyclic) bond motifs is 1. The van der Waals surface area contributed by atoms with Gasteiger partial charge in [0.05, 0.1) is 5.52 Å². The van der Waals surface area contributed by atoms with Gasteiger partial charge in [0.25, 0.3) is 10.0 Å². The van der Waals surface area contributed by atoms with E-state index in [1.165, 1.54) is 6.20 Å². The Morgan fingerprint density at radius 1 is 1.25 bits per heavy atom. The lowest BCUT2D eigenvalue weighted by Crippen LogP contribution is -2.44. The van der Waals surface area contributed by atoms with E-state index in [9.17, 15) is 12.8 Å². The minimum atomic E-state index is -4.01. The van der Waals surface area contributed by atoms with E-state index in [1.807, 2.05) is 33.8 Å². The smallest absolute Gasteiger partial charge is 0.408 e. The monoisotopic (exact) mass is 355 g/mol. The second-order valence-electron chi connectivity index (χ2n) is 6.13. The van der Waals surface area contributed by atoms with Crippen LogP contribution in [0.25, 0.3) is 10.9 Å². The van der Waals surface area contributed by atoms with Crippen LogP contribution in [-0.4, -0.2) is 37.7 Å². The van der Waals surface area contributed by atoms with Gasteiger partial charge in [0.15, 0.2) is 0 Å². The highest BCUT2D eigenvalue weighted by molar-refractivity contribution is 7.89. The van der Waals surface area contributed by atoms with Crippen LogP contribution in [0.5, 0.6) is 0 Å². The van der Waals surface area contributed by atoms with Crippen molar-refractivity contribution >= 4 is 33.5 Å². The number of alkyl halides is 1. The van der Waals surface area contributed by atoms with Gasteiger partial charge < -0.3 is 9.31 Å². The maximum Gasteiger partial charge on any atom is 0.494 e. The fourth-order valence-corrected chi connectivity index (χ4v) is 3.19. The summed E-state index contributed by atoms with van der Waals surface area (Å²) in [5, 5.41) is 0.667. The van der Waals surface area contributed by atoms with E-state index >= 15 is 0 Å². The molecule has 0 radical (unpaired) electrons. The number of hydrogen-bond donors (Lipinski definition) is 0. The molecule has 0 fully saturated rings. The predicted molar refractivity (Wildman–Crippen MR) is 94.7 cm³/mol. The molecule has 0 unspecified atom stereocenters. The third-order valence-electron chi connectivity index (χ3n) is 4.02. The topological polar surface area (TPSA) is 57.5 Å². The van der Waals surface area contributed by atoms with Crippen LogP contribution >= 0.6 is 0 Å². The van der Waals surface area contributed by atoms with Crippen molar-refractivity contribution in [1.82, 2.24) is 3.97 Å². The molecule has 5 nitrogen and oxygen atoms in total. The fourth-order valence-electron chi connectivity index (χ4n) is 2.38. The second-order valence-corrected chi connectivity index (χ2v) is 7.91. The lowest BCUT2D eigenvalue weighted by atomic mass is 9.75. The van der Waals surface area contributed by atoms with Crippen molar-refractivity contribution in [3.63, 3.8) is 0 Å². The molecule has 132 valence electrons. The first-order valence-electron chi connectivity index (χ1n) is 7.94. The summed E-state index contributed by atoms with van der Waals surface area (Å²) >= 11 is 0. The molecule has 2 rings (SSSR count). The number of hydrogen-bond acceptors (Lipinski definition) is 4. The van der Waals surface area contributed by atoms with Gasteiger partial charge in [0.1, 0.15) is 0 Å². The summed E-state index contributed by atoms with van der Waals surface area (Å²) in [6, 6.07) is 5.39. The number of rotatable bonds is 8. The van der Waals surface area contributed by atoms with Crippen LogP contribution in [0.4, 0.5) is 4.39 Å². The molecule has 0 saturated carbocycles. The standard InChI is InChI=1S/C16H23BFNO4S/c1-5-16(3,4)23-17(22-6-2)14-8-7-9-15-13(14)10-11-19(15)24(20,21)12-18/h7-11H,5-6,12H2,1-4H3. The highest BCUT2D eigenvalue weighted by atomic mass is 32.2. The van der Waals surface area contributed by atoms with Crippen LogP contribution < -0.4 is 5.46 Å². The zero-order valence-corrected chi connectivity index (χ0v) is 15.3. The minimum absolute atomic E-state index is 0.393. The molecule has 0 N–H and O–H groups in total. The quantitative estimate of drug-likeness (QED) is 0.683. The molecule has 0 amide bonds. The molecule has 1 aromatic heterocycles. The average Bonchev–Trinajstić information content (AvgIpc) is 2.99. The van der Waals surface area contributed by atoms with Crippen molar-refractivity contribution in [2.24, 2.45) is 0 Å². The lowest BCUT2D eigenvalue weighted by molar-refractivity contribution is 0.0707. The van der Waals surface area contributed by atoms with Gasteiger partial charge in [-0.15, -0.1) is 0 Å². The molecule has 8 heteroatoms. The number of halogens is 1. The fraction of sp³-hybridized carbons (Fsp3) is 0.500. The molecule has 0 aliphatic rings. The van der Waals surface area contributed by atoms with E-state index < -0.39 is 28.7 Å². The lowest BCUT2D eigenvalue weighted by Gasteiger charge is -2.28. The van der Waals surface area contributed by atoms with Gasteiger partial charge in [-0.1, -0.05) is 19.1 Å². The van der Waals surface area contributed by atoms with Crippen LogP contribution in [0.15, 0.2) is 30.5 Å². The van der Waals surface area contributed by atoms with E-state index in [2.05, 4.69) is 0 Å². The first kappa shape index (κ1) is 19.0. The Bertz CT molecular complexity index is 804. The van der Waals surface area contributed by atoms with E-state index in [0.717, 1.165) is 15.9 Å². The maximum atomic E-state index is 12.9. The van der Waals surface area contributed by atoms with Crippen molar-refractivity contribution < 1.29 is 22.1 Å². The highest BCUT2D eigenvalue weighted by Gasteiger charge is 2.31. The van der Waals surface area contributed by atoms with E-state index in [1.54, 1.807) is 18.2 Å². The Hall–Kier alpha value is -1.38. The SMILES string of the molecule is CCOB(OC(C)(C)CC)c1cccc2c1ccn2S(=O)(=O)CF. The molecule has 0 atom stereocenters. The van der Waals surface area contributed by atoms with Gasteiger partial charge in [-0.3, -0.25) is 0 Å². The summed E-state index contributed by atoms with van der Waals surface area (Å²) in [7, 11) is -4.63. The number of benzene rings is 1. The van der Waals surface area contributed by atoms with Gasteiger partial charge in [0.2, 0.25) is 6.01 Å². The predicted octanol–water partition coefficient (Wildman–Crippen LogP) is 2.68. The molecule has 2 aromatic rings. The molecule has 0 spiro atoms. The van der Waals surface area contributed by atoms with Crippen molar-refractivity contribution in [3.05, 3.63) is 30.5 Å². The third kappa shape index (κ3) is 3.82. The van der Waals surface area contributed by atoms with Gasteiger partial charge in [-0.05, 0) is 44.8 Å². The molecular formula is C16H23BFNO4S. The Balaban J connectivity index is 2.55. The van der Waals surface area contributed by atoms with E-state index in [4.69, 9.17) is 9.31 Å². The van der Waals surface area contributed by atoms with E-state index in [-0.39, 0.29) is 0 Å². The van der Waals surface area contributed by atoms with Crippen molar-refractivity contribution in [2.75, 3.05) is 12.6 Å². The zero-order chi connectivity index (χ0) is 18.0. The van der Waals surface area contributed by atoms with Crippen molar-refractivity contribution in [1.29, 1.82) is 0 Å². The van der Waals surface area contributed by atoms with Crippen LogP contribution in [-0.2, 0) is 19.3 Å². The largest absolute Gasteiger partial charge is 0.494 e. The molecule has 1 aromatic carbocycles. The summed E-state index contributed by atoms with van der Waals surface area (Å²) in [6.07, 6.45) is 2.15. The van der Waals surface area contributed by atoms with Gasteiger partial charge in [0, 0.05) is 23.8 Å². The molecule has 0 bridgehead atoms. The van der Waals surface area contributed by atoms with Crippen molar-refractivity contribution in [2.45, 2.75) is 39.7 Å². The molecule has 1 heterocycles. The Labute approximate surface area is 142 Å². The van der Waals surface area contributed by atoms with Gasteiger partial charge in [-0.2, -0.15) is 0 Å². The Kier molecular flexibility index (Phi) is 5.73. The Morgan fingerprint density at radius 3 is 2.54 bits per heavy atom. The van der Waals surface area contributed by atoms with E-state index in [0.29, 0.717) is 17.5 Å². The van der Waals surface area contributed by atoms with Gasteiger partial charge in [-0.25, -0.2) is 16.8 Å². The van der Waals surface area contributed by atoms with Crippen LogP contribution in [0, 0.1) is 0 Å². The van der Waals surface area contributed by atoms with Crippen LogP contribution in [0.3, 0.4) is 0 Å². The first-order chi connectivity index (χ1) is 11.3. The van der Waals surface area contributed by atoms with Crippen LogP contribution in [0.1, 0.15) is 34.1 Å². The van der Waals surface area contributed by atoms with Gasteiger partial charge >= 0.3 is 7.12 Å². The summed E-state index contributed by atoms with van der Waals surface area (Å²) in [4.78, 5) is 0. The summed E-state index contributed by atoms with van der Waals surface area (Å²) in [6.45, 7) is 8.28. The Morgan fingerprint density at radius 2 is 1.96 bits per heavy atom. The molecular weight excluding hydrogens is 332 g/mol. The number of nitrogens with zero attached hydrogens (tertiary/aromatic N) is 1. The molecule has 0 aliphatic carbocycles. The molecule has 0 aliphatic heterocycles. The first-order valence-corrected chi connectivity index (χ1v) is 9.55. The normalized spacial score (nSPS) is 12.7. The summed E-state index contributed by atoms with van der Waals surface area (Å²) in [5.41, 5.74) is 0.742. The minimum Gasteiger partial charge on any atom is -0.408 e. The highest BCUT2D eigenvalue weighted by Crippen LogP contribution is 2.20. The zero-order valence-electron chi connectivity index (χ0n) is 14.5. The average molecular weight is 355 g/mol. The molecule has 24 heavy (non-hydrogen) atoms. The molecule has 0 saturated heterocycles. The summed E-state index contributed by atoms with van der Waals surface area (Å²) < 4.78 is 49.4. The second kappa shape index (κ2) is 7.25. The van der Waals surface area contributed by atoms with Crippen LogP contribution in [0.2, 0.25) is 0 Å². The number of aromatic nitrogens is 1. The summed E-state index contributed by atoms with van der Waals surface area (Å²) in [5.74, 6) is 0.